The highest BCUT2D eigenvalue weighted by Gasteiger charge is 2.29. The molecule has 7 nitrogen and oxygen atoms in total. The summed E-state index contributed by atoms with van der Waals surface area (Å²) in [7, 11) is 0. The first-order valence-corrected chi connectivity index (χ1v) is 9.02. The fraction of sp³-hybridized carbons (Fsp3) is 0.474. The lowest BCUT2D eigenvalue weighted by molar-refractivity contribution is -0.132. The average Bonchev–Trinajstić information content (AvgIpc) is 3.27. The molecule has 0 saturated carbocycles. The number of hydrogen-bond donors (Lipinski definition) is 1. The van der Waals surface area contributed by atoms with Crippen LogP contribution in [0.2, 0.25) is 0 Å². The normalized spacial score (nSPS) is 16.7. The Kier molecular flexibility index (Phi) is 5.65. The van der Waals surface area contributed by atoms with E-state index in [4.69, 9.17) is 0 Å². The minimum atomic E-state index is -0.0798. The molecule has 1 aliphatic rings. The molecule has 2 aromatic rings. The van der Waals surface area contributed by atoms with Gasteiger partial charge in [-0.2, -0.15) is 5.10 Å². The van der Waals surface area contributed by atoms with Gasteiger partial charge < -0.3 is 10.2 Å². The Labute approximate surface area is 153 Å². The van der Waals surface area contributed by atoms with E-state index in [1.165, 1.54) is 6.92 Å². The summed E-state index contributed by atoms with van der Waals surface area (Å²) in [5.74, 6) is 0.0754. The number of nitrogens with zero attached hydrogens (tertiary/aromatic N) is 4. The van der Waals surface area contributed by atoms with E-state index in [1.807, 2.05) is 34.7 Å². The van der Waals surface area contributed by atoms with Crippen LogP contribution in [0.5, 0.6) is 0 Å². The number of carbonyl (C=O) groups is 2. The maximum absolute atomic E-state index is 12.7. The maximum Gasteiger partial charge on any atom is 0.224 e. The van der Waals surface area contributed by atoms with E-state index in [0.717, 1.165) is 36.3 Å². The van der Waals surface area contributed by atoms with E-state index in [0.29, 0.717) is 19.5 Å². The summed E-state index contributed by atoms with van der Waals surface area (Å²) in [6.07, 6.45) is 5.91. The molecule has 1 saturated heterocycles. The molecule has 0 aliphatic carbocycles. The predicted octanol–water partition coefficient (Wildman–Crippen LogP) is 1.98. The highest BCUT2D eigenvalue weighted by atomic mass is 16.2. The molecular weight excluding hydrogens is 330 g/mol. The summed E-state index contributed by atoms with van der Waals surface area (Å²) in [5, 5.41) is 7.00. The highest BCUT2D eigenvalue weighted by molar-refractivity contribution is 5.77. The van der Waals surface area contributed by atoms with Gasteiger partial charge in [-0.25, -0.2) is 0 Å². The lowest BCUT2D eigenvalue weighted by Gasteiger charge is -2.25. The van der Waals surface area contributed by atoms with Crippen LogP contribution in [-0.2, 0) is 22.7 Å². The first-order valence-electron chi connectivity index (χ1n) is 9.02. The van der Waals surface area contributed by atoms with Gasteiger partial charge in [-0.05, 0) is 43.5 Å². The largest absolute Gasteiger partial charge is 0.351 e. The van der Waals surface area contributed by atoms with Crippen LogP contribution in [0.15, 0.2) is 30.6 Å². The lowest BCUT2D eigenvalue weighted by Crippen LogP contribution is -2.31. The van der Waals surface area contributed by atoms with Crippen LogP contribution >= 0.6 is 0 Å². The second kappa shape index (κ2) is 8.12. The summed E-state index contributed by atoms with van der Waals surface area (Å²) in [6, 6.07) is 5.98. The third-order valence-corrected chi connectivity index (χ3v) is 4.78. The molecule has 2 aromatic heterocycles. The summed E-state index contributed by atoms with van der Waals surface area (Å²) in [4.78, 5) is 30.1. The van der Waals surface area contributed by atoms with Crippen molar-refractivity contribution in [2.75, 3.05) is 6.54 Å². The van der Waals surface area contributed by atoms with E-state index < -0.39 is 0 Å². The molecule has 26 heavy (non-hydrogen) atoms. The summed E-state index contributed by atoms with van der Waals surface area (Å²) in [6.45, 7) is 5.27. The Hall–Kier alpha value is -2.70. The minimum absolute atomic E-state index is 0.0798. The van der Waals surface area contributed by atoms with Crippen LogP contribution in [0.1, 0.15) is 49.2 Å². The molecule has 1 N–H and O–H groups in total. The molecule has 138 valence electrons. The fourth-order valence-corrected chi connectivity index (χ4v) is 3.41. The summed E-state index contributed by atoms with van der Waals surface area (Å²) in [5.41, 5.74) is 2.96. The first-order chi connectivity index (χ1) is 12.5. The van der Waals surface area contributed by atoms with Gasteiger partial charge in [0.25, 0.3) is 0 Å². The fourth-order valence-electron chi connectivity index (χ4n) is 3.41. The molecule has 0 radical (unpaired) electrons. The molecule has 7 heteroatoms. The van der Waals surface area contributed by atoms with Gasteiger partial charge in [0.1, 0.15) is 0 Å². The van der Waals surface area contributed by atoms with Crippen molar-refractivity contribution in [1.29, 1.82) is 0 Å². The maximum atomic E-state index is 12.7. The van der Waals surface area contributed by atoms with Crippen LogP contribution in [0.4, 0.5) is 0 Å². The number of amides is 2. The first kappa shape index (κ1) is 18.1. The second-order valence-corrected chi connectivity index (χ2v) is 6.68. The SMILES string of the molecule is CC(=O)NCc1cc([C@@H]2CCCN2C(=O)CCn2nccc2C)ccn1. The molecule has 0 aromatic carbocycles. The number of rotatable bonds is 6. The predicted molar refractivity (Wildman–Crippen MR) is 97.0 cm³/mol. The topological polar surface area (TPSA) is 80.1 Å². The molecule has 2 amide bonds. The Balaban J connectivity index is 1.65. The Bertz CT molecular complexity index is 786. The van der Waals surface area contributed by atoms with Crippen molar-refractivity contribution in [2.45, 2.75) is 52.2 Å². The number of pyridine rings is 1. The van der Waals surface area contributed by atoms with Crippen molar-refractivity contribution in [1.82, 2.24) is 25.0 Å². The third kappa shape index (κ3) is 4.28. The van der Waals surface area contributed by atoms with Crippen molar-refractivity contribution < 1.29 is 9.59 Å². The smallest absolute Gasteiger partial charge is 0.224 e. The van der Waals surface area contributed by atoms with Gasteiger partial charge in [-0.15, -0.1) is 0 Å². The zero-order chi connectivity index (χ0) is 18.5. The van der Waals surface area contributed by atoms with E-state index >= 15 is 0 Å². The van der Waals surface area contributed by atoms with Crippen molar-refractivity contribution in [2.24, 2.45) is 0 Å². The van der Waals surface area contributed by atoms with Gasteiger partial charge in [-0.1, -0.05) is 0 Å². The molecule has 1 atom stereocenters. The molecular formula is C19H25N5O2. The molecule has 0 spiro atoms. The number of hydrogen-bond acceptors (Lipinski definition) is 4. The Morgan fingerprint density at radius 2 is 2.15 bits per heavy atom. The molecule has 1 fully saturated rings. The molecule has 1 aliphatic heterocycles. The quantitative estimate of drug-likeness (QED) is 0.859. The van der Waals surface area contributed by atoms with Crippen LogP contribution in [0.25, 0.3) is 0 Å². The van der Waals surface area contributed by atoms with E-state index in [1.54, 1.807) is 12.4 Å². The zero-order valence-corrected chi connectivity index (χ0v) is 15.3. The summed E-state index contributed by atoms with van der Waals surface area (Å²) < 4.78 is 1.86. The van der Waals surface area contributed by atoms with Crippen molar-refractivity contribution >= 4 is 11.8 Å². The van der Waals surface area contributed by atoms with Crippen LogP contribution < -0.4 is 5.32 Å². The highest BCUT2D eigenvalue weighted by Crippen LogP contribution is 2.32. The zero-order valence-electron chi connectivity index (χ0n) is 15.3. The lowest BCUT2D eigenvalue weighted by atomic mass is 10.0. The second-order valence-electron chi connectivity index (χ2n) is 6.68. The van der Waals surface area contributed by atoms with E-state index in [2.05, 4.69) is 15.4 Å². The molecule has 3 rings (SSSR count). The standard InChI is InChI=1S/C19H25N5O2/c1-14-5-9-22-24(14)11-7-19(26)23-10-3-4-18(23)16-6-8-20-17(12-16)13-21-15(2)25/h5-6,8-9,12,18H,3-4,7,10-11,13H2,1-2H3,(H,21,25)/t18-/m0/s1. The van der Waals surface area contributed by atoms with E-state index in [9.17, 15) is 9.59 Å². The Morgan fingerprint density at radius 1 is 1.31 bits per heavy atom. The Morgan fingerprint density at radius 3 is 2.88 bits per heavy atom. The van der Waals surface area contributed by atoms with Gasteiger partial charge >= 0.3 is 0 Å². The van der Waals surface area contributed by atoms with Gasteiger partial charge in [0.15, 0.2) is 0 Å². The molecule has 0 unspecified atom stereocenters. The molecule has 0 bridgehead atoms. The van der Waals surface area contributed by atoms with Gasteiger partial charge in [0.05, 0.1) is 18.3 Å². The average molecular weight is 355 g/mol. The number of aryl methyl sites for hydroxylation is 2. The number of aromatic nitrogens is 3. The minimum Gasteiger partial charge on any atom is -0.351 e. The number of likely N-dealkylation sites (tertiary alicyclic amines) is 1. The third-order valence-electron chi connectivity index (χ3n) is 4.78. The van der Waals surface area contributed by atoms with E-state index in [-0.39, 0.29) is 17.9 Å². The van der Waals surface area contributed by atoms with Crippen LogP contribution in [0, 0.1) is 6.92 Å². The van der Waals surface area contributed by atoms with Gasteiger partial charge in [-0.3, -0.25) is 19.3 Å². The van der Waals surface area contributed by atoms with Crippen molar-refractivity contribution in [3.8, 4) is 0 Å². The van der Waals surface area contributed by atoms with Crippen LogP contribution in [0.3, 0.4) is 0 Å². The summed E-state index contributed by atoms with van der Waals surface area (Å²) >= 11 is 0. The number of nitrogens with one attached hydrogen (secondary N) is 1. The van der Waals surface area contributed by atoms with Crippen molar-refractivity contribution in [3.05, 3.63) is 47.5 Å². The van der Waals surface area contributed by atoms with Crippen molar-refractivity contribution in [3.63, 3.8) is 0 Å². The monoisotopic (exact) mass is 355 g/mol. The van der Waals surface area contributed by atoms with Gasteiger partial charge in [0.2, 0.25) is 11.8 Å². The number of carbonyl (C=O) groups excluding carboxylic acids is 2. The van der Waals surface area contributed by atoms with Gasteiger partial charge in [0, 0.05) is 44.5 Å². The van der Waals surface area contributed by atoms with Crippen LogP contribution in [-0.4, -0.2) is 38.0 Å². The molecule has 3 heterocycles.